The fourth-order valence-electron chi connectivity index (χ4n) is 2.03. The Morgan fingerprint density at radius 3 is 2.44 bits per heavy atom. The molecule has 0 fully saturated rings. The van der Waals surface area contributed by atoms with Gasteiger partial charge < -0.3 is 10.6 Å². The van der Waals surface area contributed by atoms with E-state index in [2.05, 4.69) is 45.7 Å². The van der Waals surface area contributed by atoms with E-state index >= 15 is 0 Å². The van der Waals surface area contributed by atoms with Crippen LogP contribution in [0.1, 0.15) is 31.9 Å². The third-order valence-corrected chi connectivity index (χ3v) is 2.67. The van der Waals surface area contributed by atoms with E-state index in [4.69, 9.17) is 5.73 Å². The summed E-state index contributed by atoms with van der Waals surface area (Å²) in [6.07, 6.45) is 0. The summed E-state index contributed by atoms with van der Waals surface area (Å²) in [6, 6.07) is 6.15. The van der Waals surface area contributed by atoms with Gasteiger partial charge in [-0.25, -0.2) is 0 Å². The molecule has 90 valence electrons. The average molecular weight is 220 g/mol. The second kappa shape index (κ2) is 4.88. The molecule has 0 aromatic heterocycles. The van der Waals surface area contributed by atoms with E-state index in [0.29, 0.717) is 5.41 Å². The highest BCUT2D eigenvalue weighted by atomic mass is 15.1. The lowest BCUT2D eigenvalue weighted by Gasteiger charge is -2.27. The van der Waals surface area contributed by atoms with Crippen molar-refractivity contribution in [3.63, 3.8) is 0 Å². The first-order valence-electron chi connectivity index (χ1n) is 5.82. The minimum absolute atomic E-state index is 0.336. The molecule has 0 aliphatic rings. The molecular weight excluding hydrogens is 196 g/mol. The van der Waals surface area contributed by atoms with E-state index in [1.54, 1.807) is 0 Å². The fraction of sp³-hybridized carbons (Fsp3) is 0.571. The third-order valence-electron chi connectivity index (χ3n) is 2.67. The monoisotopic (exact) mass is 220 g/mol. The van der Waals surface area contributed by atoms with Gasteiger partial charge in [-0.05, 0) is 36.6 Å². The first-order chi connectivity index (χ1) is 7.29. The average Bonchev–Trinajstić information content (AvgIpc) is 2.09. The number of rotatable bonds is 3. The van der Waals surface area contributed by atoms with Crippen molar-refractivity contribution in [1.29, 1.82) is 0 Å². The summed E-state index contributed by atoms with van der Waals surface area (Å²) in [7, 11) is 2.16. The maximum atomic E-state index is 5.91. The molecule has 1 aromatic rings. The van der Waals surface area contributed by atoms with Crippen LogP contribution in [-0.4, -0.2) is 18.5 Å². The molecule has 0 amide bonds. The van der Waals surface area contributed by atoms with Crippen LogP contribution in [0.25, 0.3) is 0 Å². The standard InChI is InChI=1S/C14H24N2/c1-11-12(7-6-8-13(11)15)9-16(5)10-14(2,3)4/h6-8H,9-10,15H2,1-5H3. The summed E-state index contributed by atoms with van der Waals surface area (Å²) in [4.78, 5) is 2.35. The van der Waals surface area contributed by atoms with Crippen molar-refractivity contribution in [3.05, 3.63) is 29.3 Å². The lowest BCUT2D eigenvalue weighted by molar-refractivity contribution is 0.220. The predicted molar refractivity (Wildman–Crippen MR) is 71.4 cm³/mol. The minimum Gasteiger partial charge on any atom is -0.399 e. The highest BCUT2D eigenvalue weighted by Gasteiger charge is 2.14. The topological polar surface area (TPSA) is 29.3 Å². The Morgan fingerprint density at radius 2 is 1.88 bits per heavy atom. The van der Waals surface area contributed by atoms with Crippen molar-refractivity contribution in [3.8, 4) is 0 Å². The third kappa shape index (κ3) is 3.86. The van der Waals surface area contributed by atoms with Crippen LogP contribution in [0.5, 0.6) is 0 Å². The first kappa shape index (κ1) is 13.0. The number of benzene rings is 1. The van der Waals surface area contributed by atoms with Gasteiger partial charge in [-0.2, -0.15) is 0 Å². The van der Waals surface area contributed by atoms with Gasteiger partial charge in [0.2, 0.25) is 0 Å². The second-order valence-electron chi connectivity index (χ2n) is 5.86. The molecule has 0 aliphatic carbocycles. The molecule has 0 unspecified atom stereocenters. The second-order valence-corrected chi connectivity index (χ2v) is 5.86. The SMILES string of the molecule is Cc1c(N)cccc1CN(C)CC(C)(C)C. The van der Waals surface area contributed by atoms with Crippen molar-refractivity contribution in [1.82, 2.24) is 4.90 Å². The molecule has 0 aliphatic heterocycles. The maximum absolute atomic E-state index is 5.91. The van der Waals surface area contributed by atoms with Gasteiger partial charge in [-0.3, -0.25) is 0 Å². The smallest absolute Gasteiger partial charge is 0.0346 e. The summed E-state index contributed by atoms with van der Waals surface area (Å²) in [5.41, 5.74) is 9.67. The van der Waals surface area contributed by atoms with E-state index in [-0.39, 0.29) is 0 Å². The van der Waals surface area contributed by atoms with Crippen molar-refractivity contribution < 1.29 is 0 Å². The molecule has 0 radical (unpaired) electrons. The molecule has 0 atom stereocenters. The number of nitrogens with two attached hydrogens (primary N) is 1. The molecule has 0 saturated carbocycles. The van der Waals surface area contributed by atoms with Crippen LogP contribution in [-0.2, 0) is 6.54 Å². The summed E-state index contributed by atoms with van der Waals surface area (Å²) in [5, 5.41) is 0. The molecule has 2 heteroatoms. The van der Waals surface area contributed by atoms with E-state index < -0.39 is 0 Å². The normalized spacial score (nSPS) is 12.1. The van der Waals surface area contributed by atoms with Gasteiger partial charge >= 0.3 is 0 Å². The van der Waals surface area contributed by atoms with Gasteiger partial charge in [0, 0.05) is 18.8 Å². The van der Waals surface area contributed by atoms with Crippen LogP contribution in [0.3, 0.4) is 0 Å². The van der Waals surface area contributed by atoms with E-state index in [9.17, 15) is 0 Å². The van der Waals surface area contributed by atoms with Gasteiger partial charge in [-0.15, -0.1) is 0 Å². The Kier molecular flexibility index (Phi) is 3.98. The van der Waals surface area contributed by atoms with Crippen LogP contribution >= 0.6 is 0 Å². The van der Waals surface area contributed by atoms with Crippen LogP contribution in [0, 0.1) is 12.3 Å². The summed E-state index contributed by atoms with van der Waals surface area (Å²) < 4.78 is 0. The van der Waals surface area contributed by atoms with E-state index in [1.807, 2.05) is 12.1 Å². The lowest BCUT2D eigenvalue weighted by Crippen LogP contribution is -2.29. The Balaban J connectivity index is 2.70. The van der Waals surface area contributed by atoms with Crippen molar-refractivity contribution in [2.45, 2.75) is 34.2 Å². The Bertz CT molecular complexity index is 350. The maximum Gasteiger partial charge on any atom is 0.0346 e. The van der Waals surface area contributed by atoms with Gasteiger partial charge in [-0.1, -0.05) is 32.9 Å². The molecule has 16 heavy (non-hydrogen) atoms. The number of anilines is 1. The quantitative estimate of drug-likeness (QED) is 0.793. The van der Waals surface area contributed by atoms with Crippen molar-refractivity contribution in [2.75, 3.05) is 19.3 Å². The van der Waals surface area contributed by atoms with Gasteiger partial charge in [0.25, 0.3) is 0 Å². The Labute approximate surface area is 99.5 Å². The summed E-state index contributed by atoms with van der Waals surface area (Å²) in [6.45, 7) is 10.9. The van der Waals surface area contributed by atoms with Crippen molar-refractivity contribution >= 4 is 5.69 Å². The number of hydrogen-bond donors (Lipinski definition) is 1. The molecule has 2 nitrogen and oxygen atoms in total. The van der Waals surface area contributed by atoms with E-state index in [1.165, 1.54) is 11.1 Å². The van der Waals surface area contributed by atoms with Crippen LogP contribution in [0.4, 0.5) is 5.69 Å². The highest BCUT2D eigenvalue weighted by Crippen LogP contribution is 2.19. The minimum atomic E-state index is 0.336. The number of hydrogen-bond acceptors (Lipinski definition) is 2. The van der Waals surface area contributed by atoms with Gasteiger partial charge in [0.15, 0.2) is 0 Å². The molecule has 0 bridgehead atoms. The molecule has 1 rings (SSSR count). The zero-order valence-corrected chi connectivity index (χ0v) is 11.2. The van der Waals surface area contributed by atoms with Gasteiger partial charge in [0.1, 0.15) is 0 Å². The summed E-state index contributed by atoms with van der Waals surface area (Å²) in [5.74, 6) is 0. The molecule has 1 aromatic carbocycles. The number of nitrogens with zero attached hydrogens (tertiary/aromatic N) is 1. The molecular formula is C14H24N2. The van der Waals surface area contributed by atoms with Crippen LogP contribution in [0.2, 0.25) is 0 Å². The van der Waals surface area contributed by atoms with E-state index in [0.717, 1.165) is 18.8 Å². The lowest BCUT2D eigenvalue weighted by atomic mass is 9.96. The highest BCUT2D eigenvalue weighted by molar-refractivity contribution is 5.49. The molecule has 0 spiro atoms. The Morgan fingerprint density at radius 1 is 1.25 bits per heavy atom. The largest absolute Gasteiger partial charge is 0.399 e. The summed E-state index contributed by atoms with van der Waals surface area (Å²) >= 11 is 0. The van der Waals surface area contributed by atoms with Crippen molar-refractivity contribution in [2.24, 2.45) is 5.41 Å². The fourth-order valence-corrected chi connectivity index (χ4v) is 2.03. The molecule has 2 N–H and O–H groups in total. The first-order valence-corrected chi connectivity index (χ1v) is 5.82. The number of nitrogen functional groups attached to an aromatic ring is 1. The van der Waals surface area contributed by atoms with Crippen LogP contribution in [0.15, 0.2) is 18.2 Å². The Hall–Kier alpha value is -1.02. The zero-order valence-electron chi connectivity index (χ0n) is 11.2. The zero-order chi connectivity index (χ0) is 12.3. The van der Waals surface area contributed by atoms with Crippen LogP contribution < -0.4 is 5.73 Å². The molecule has 0 heterocycles. The molecule has 0 saturated heterocycles. The predicted octanol–water partition coefficient (Wildman–Crippen LogP) is 3.06. The van der Waals surface area contributed by atoms with Gasteiger partial charge in [0.05, 0.1) is 0 Å².